The summed E-state index contributed by atoms with van der Waals surface area (Å²) in [5, 5.41) is 15.0. The van der Waals surface area contributed by atoms with E-state index >= 15 is 0 Å². The summed E-state index contributed by atoms with van der Waals surface area (Å²) in [6.45, 7) is 0. The summed E-state index contributed by atoms with van der Waals surface area (Å²) in [5.41, 5.74) is 2.89. The Hall–Kier alpha value is -2.86. The molecule has 122 valence electrons. The number of rotatable bonds is 5. The minimum Gasteiger partial charge on any atom is -0.378 e. The minimum absolute atomic E-state index is 0.423. The van der Waals surface area contributed by atoms with E-state index < -0.39 is 0 Å². The number of nitrogens with zero attached hydrogens (tertiary/aromatic N) is 4. The van der Waals surface area contributed by atoms with Crippen molar-refractivity contribution in [2.24, 2.45) is 0 Å². The molecule has 0 fully saturated rings. The lowest BCUT2D eigenvalue weighted by Gasteiger charge is -2.13. The van der Waals surface area contributed by atoms with Crippen molar-refractivity contribution in [2.75, 3.05) is 29.6 Å². The van der Waals surface area contributed by atoms with E-state index in [2.05, 4.69) is 25.8 Å². The maximum absolute atomic E-state index is 5.88. The van der Waals surface area contributed by atoms with Crippen LogP contribution in [0, 0.1) is 0 Å². The molecule has 0 radical (unpaired) electrons. The van der Waals surface area contributed by atoms with E-state index in [1.807, 2.05) is 67.5 Å². The van der Waals surface area contributed by atoms with E-state index in [4.69, 9.17) is 11.6 Å². The van der Waals surface area contributed by atoms with Gasteiger partial charge in [-0.3, -0.25) is 0 Å². The predicted molar refractivity (Wildman–Crippen MR) is 98.6 cm³/mol. The second kappa shape index (κ2) is 7.14. The van der Waals surface area contributed by atoms with E-state index in [0.717, 1.165) is 17.1 Å². The number of nitrogens with one attached hydrogen (secondary N) is 2. The fraction of sp³-hybridized carbons (Fsp3) is 0.118. The second-order valence-corrected chi connectivity index (χ2v) is 5.80. The zero-order chi connectivity index (χ0) is 16.9. The van der Waals surface area contributed by atoms with Gasteiger partial charge in [-0.05, 0) is 48.5 Å². The molecule has 2 aromatic carbocycles. The summed E-state index contributed by atoms with van der Waals surface area (Å²) >= 11 is 5.88. The summed E-state index contributed by atoms with van der Waals surface area (Å²) < 4.78 is 0. The van der Waals surface area contributed by atoms with Crippen molar-refractivity contribution in [1.29, 1.82) is 0 Å². The fourth-order valence-electron chi connectivity index (χ4n) is 2.07. The Morgan fingerprint density at radius 1 is 0.875 bits per heavy atom. The van der Waals surface area contributed by atoms with Crippen molar-refractivity contribution in [2.45, 2.75) is 0 Å². The first-order valence-corrected chi connectivity index (χ1v) is 7.75. The van der Waals surface area contributed by atoms with Crippen LogP contribution in [0.15, 0.2) is 54.7 Å². The van der Waals surface area contributed by atoms with Gasteiger partial charge in [0.05, 0.1) is 6.20 Å². The summed E-state index contributed by atoms with van der Waals surface area (Å²) in [6.07, 6.45) is 1.56. The van der Waals surface area contributed by atoms with Gasteiger partial charge in [0.15, 0.2) is 5.82 Å². The van der Waals surface area contributed by atoms with E-state index in [9.17, 15) is 0 Å². The van der Waals surface area contributed by atoms with Crippen molar-refractivity contribution < 1.29 is 0 Å². The summed E-state index contributed by atoms with van der Waals surface area (Å²) in [5.74, 6) is 1.02. The van der Waals surface area contributed by atoms with Crippen LogP contribution in [0.2, 0.25) is 5.02 Å². The Kier molecular flexibility index (Phi) is 4.77. The van der Waals surface area contributed by atoms with E-state index in [-0.39, 0.29) is 0 Å². The highest BCUT2D eigenvalue weighted by atomic mass is 35.5. The van der Waals surface area contributed by atoms with Gasteiger partial charge in [0.2, 0.25) is 5.95 Å². The van der Waals surface area contributed by atoms with E-state index in [0.29, 0.717) is 16.8 Å². The highest BCUT2D eigenvalue weighted by Crippen LogP contribution is 2.20. The Morgan fingerprint density at radius 2 is 1.50 bits per heavy atom. The average Bonchev–Trinajstić information content (AvgIpc) is 2.58. The van der Waals surface area contributed by atoms with E-state index in [1.54, 1.807) is 6.20 Å². The molecule has 1 heterocycles. The zero-order valence-electron chi connectivity index (χ0n) is 13.4. The maximum Gasteiger partial charge on any atom is 0.249 e. The third-order valence-corrected chi connectivity index (χ3v) is 3.57. The molecule has 0 spiro atoms. The maximum atomic E-state index is 5.88. The Morgan fingerprint density at radius 3 is 2.17 bits per heavy atom. The normalized spacial score (nSPS) is 10.3. The summed E-state index contributed by atoms with van der Waals surface area (Å²) in [6, 6.07) is 15.3. The third-order valence-electron chi connectivity index (χ3n) is 3.32. The van der Waals surface area contributed by atoms with Crippen LogP contribution in [0.4, 0.5) is 28.8 Å². The molecule has 0 saturated heterocycles. The van der Waals surface area contributed by atoms with Gasteiger partial charge in [0, 0.05) is 36.2 Å². The lowest BCUT2D eigenvalue weighted by atomic mass is 10.2. The first-order chi connectivity index (χ1) is 11.6. The largest absolute Gasteiger partial charge is 0.378 e. The SMILES string of the molecule is CN(C)c1ccc(Nc2nncc(Nc3ccc(Cl)cc3)n2)cc1. The van der Waals surface area contributed by atoms with Gasteiger partial charge < -0.3 is 15.5 Å². The van der Waals surface area contributed by atoms with Gasteiger partial charge in [-0.15, -0.1) is 5.10 Å². The Bertz CT molecular complexity index is 802. The van der Waals surface area contributed by atoms with Gasteiger partial charge in [-0.25, -0.2) is 0 Å². The van der Waals surface area contributed by atoms with Crippen LogP contribution in [0.5, 0.6) is 0 Å². The lowest BCUT2D eigenvalue weighted by Crippen LogP contribution is -2.08. The molecule has 7 heteroatoms. The molecule has 0 unspecified atom stereocenters. The molecule has 24 heavy (non-hydrogen) atoms. The van der Waals surface area contributed by atoms with Crippen LogP contribution in [0.25, 0.3) is 0 Å². The van der Waals surface area contributed by atoms with Crippen LogP contribution in [-0.4, -0.2) is 29.3 Å². The molecule has 0 bridgehead atoms. The van der Waals surface area contributed by atoms with Crippen LogP contribution in [0.3, 0.4) is 0 Å². The molecule has 3 rings (SSSR count). The number of anilines is 5. The Balaban J connectivity index is 1.71. The van der Waals surface area contributed by atoms with Gasteiger partial charge >= 0.3 is 0 Å². The number of hydrogen-bond donors (Lipinski definition) is 2. The molecule has 0 aliphatic rings. The standard InChI is InChI=1S/C17H17ClN6/c1-24(2)15-9-7-14(8-10-15)21-17-22-16(11-19-23-17)20-13-5-3-12(18)4-6-13/h3-11H,1-2H3,(H2,20,21,22,23). The number of aromatic nitrogens is 3. The quantitative estimate of drug-likeness (QED) is 0.729. The summed E-state index contributed by atoms with van der Waals surface area (Å²) in [4.78, 5) is 6.44. The van der Waals surface area contributed by atoms with Crippen LogP contribution in [-0.2, 0) is 0 Å². The van der Waals surface area contributed by atoms with Gasteiger partial charge in [-0.1, -0.05) is 11.6 Å². The molecule has 0 aliphatic carbocycles. The first kappa shape index (κ1) is 16.0. The molecule has 0 aliphatic heterocycles. The molecule has 6 nitrogen and oxygen atoms in total. The first-order valence-electron chi connectivity index (χ1n) is 7.37. The number of hydrogen-bond acceptors (Lipinski definition) is 6. The molecule has 0 amide bonds. The smallest absolute Gasteiger partial charge is 0.249 e. The number of halogens is 1. The van der Waals surface area contributed by atoms with Crippen LogP contribution in [0.1, 0.15) is 0 Å². The van der Waals surface area contributed by atoms with Crippen molar-refractivity contribution in [1.82, 2.24) is 15.2 Å². The zero-order valence-corrected chi connectivity index (χ0v) is 14.1. The van der Waals surface area contributed by atoms with Crippen molar-refractivity contribution in [3.8, 4) is 0 Å². The lowest BCUT2D eigenvalue weighted by molar-refractivity contribution is 0.982. The molecule has 1 aromatic heterocycles. The van der Waals surface area contributed by atoms with Crippen LogP contribution >= 0.6 is 11.6 Å². The number of benzene rings is 2. The third kappa shape index (κ3) is 4.11. The fourth-order valence-corrected chi connectivity index (χ4v) is 2.20. The topological polar surface area (TPSA) is 66.0 Å². The van der Waals surface area contributed by atoms with Gasteiger partial charge in [0.1, 0.15) is 0 Å². The summed E-state index contributed by atoms with van der Waals surface area (Å²) in [7, 11) is 4.00. The monoisotopic (exact) mass is 340 g/mol. The molecule has 3 aromatic rings. The van der Waals surface area contributed by atoms with Crippen molar-refractivity contribution in [3.63, 3.8) is 0 Å². The van der Waals surface area contributed by atoms with Crippen molar-refractivity contribution >= 4 is 40.4 Å². The van der Waals surface area contributed by atoms with Crippen LogP contribution < -0.4 is 15.5 Å². The highest BCUT2D eigenvalue weighted by Gasteiger charge is 2.03. The molecular weight excluding hydrogens is 324 g/mol. The molecule has 0 saturated carbocycles. The second-order valence-electron chi connectivity index (χ2n) is 5.36. The average molecular weight is 341 g/mol. The Labute approximate surface area is 145 Å². The molecular formula is C17H17ClN6. The molecule has 0 atom stereocenters. The van der Waals surface area contributed by atoms with Gasteiger partial charge in [-0.2, -0.15) is 10.1 Å². The van der Waals surface area contributed by atoms with Gasteiger partial charge in [0.25, 0.3) is 0 Å². The van der Waals surface area contributed by atoms with E-state index in [1.165, 1.54) is 0 Å². The highest BCUT2D eigenvalue weighted by molar-refractivity contribution is 6.30. The minimum atomic E-state index is 0.423. The predicted octanol–water partition coefficient (Wildman–Crippen LogP) is 4.08. The molecule has 2 N–H and O–H groups in total. The van der Waals surface area contributed by atoms with Crippen molar-refractivity contribution in [3.05, 3.63) is 59.8 Å².